The van der Waals surface area contributed by atoms with Crippen molar-refractivity contribution in [1.82, 2.24) is 9.78 Å². The number of rotatable bonds is 5. The number of sulfonamides is 1. The van der Waals surface area contributed by atoms with Gasteiger partial charge in [0.1, 0.15) is 5.82 Å². The van der Waals surface area contributed by atoms with Crippen LogP contribution in [0.5, 0.6) is 0 Å². The molecule has 6 heteroatoms. The van der Waals surface area contributed by atoms with Gasteiger partial charge < -0.3 is 0 Å². The normalized spacial score (nSPS) is 16.4. The molecule has 1 fully saturated rings. The van der Waals surface area contributed by atoms with E-state index in [1.54, 1.807) is 23.0 Å². The fourth-order valence-electron chi connectivity index (χ4n) is 2.75. The van der Waals surface area contributed by atoms with E-state index < -0.39 is 10.0 Å². The standard InChI is InChI=1S/C16H19N3O2S/c20-22(21,13-11-14-6-2-1-3-7-14)18-16-10-12-17-19(16)15-8-4-5-9-15/h1-3,6-7,10-13,15,18H,4-5,8-9H2. The first-order valence-electron chi connectivity index (χ1n) is 7.43. The van der Waals surface area contributed by atoms with Gasteiger partial charge >= 0.3 is 0 Å². The molecule has 0 spiro atoms. The summed E-state index contributed by atoms with van der Waals surface area (Å²) in [4.78, 5) is 0. The molecule has 3 rings (SSSR count). The Morgan fingerprint density at radius 1 is 1.14 bits per heavy atom. The fourth-order valence-corrected chi connectivity index (χ4v) is 3.60. The zero-order valence-corrected chi connectivity index (χ0v) is 13.0. The Bertz CT molecular complexity index is 745. The molecule has 5 nitrogen and oxygen atoms in total. The van der Waals surface area contributed by atoms with Gasteiger partial charge in [0.15, 0.2) is 0 Å². The van der Waals surface area contributed by atoms with Crippen molar-refractivity contribution in [3.05, 3.63) is 53.6 Å². The van der Waals surface area contributed by atoms with Gasteiger partial charge in [-0.05, 0) is 24.5 Å². The minimum atomic E-state index is -3.55. The number of anilines is 1. The van der Waals surface area contributed by atoms with Gasteiger partial charge in [-0.15, -0.1) is 0 Å². The summed E-state index contributed by atoms with van der Waals surface area (Å²) in [6, 6.07) is 11.3. The van der Waals surface area contributed by atoms with Crippen LogP contribution in [-0.2, 0) is 10.0 Å². The highest BCUT2D eigenvalue weighted by molar-refractivity contribution is 7.95. The summed E-state index contributed by atoms with van der Waals surface area (Å²) in [5.41, 5.74) is 0.845. The predicted molar refractivity (Wildman–Crippen MR) is 87.8 cm³/mol. The molecule has 0 aliphatic heterocycles. The minimum absolute atomic E-state index is 0.297. The molecule has 0 bridgehead atoms. The van der Waals surface area contributed by atoms with E-state index in [0.29, 0.717) is 11.9 Å². The molecule has 1 heterocycles. The van der Waals surface area contributed by atoms with Crippen LogP contribution >= 0.6 is 0 Å². The summed E-state index contributed by atoms with van der Waals surface area (Å²) in [7, 11) is -3.55. The lowest BCUT2D eigenvalue weighted by Gasteiger charge is -2.14. The van der Waals surface area contributed by atoms with E-state index in [1.165, 1.54) is 18.2 Å². The Balaban J connectivity index is 1.75. The highest BCUT2D eigenvalue weighted by atomic mass is 32.2. The molecule has 1 aromatic carbocycles. The molecule has 0 atom stereocenters. The third-order valence-electron chi connectivity index (χ3n) is 3.83. The summed E-state index contributed by atoms with van der Waals surface area (Å²) < 4.78 is 28.8. The van der Waals surface area contributed by atoms with Crippen LogP contribution in [0.25, 0.3) is 6.08 Å². The zero-order valence-electron chi connectivity index (χ0n) is 12.2. The first-order chi connectivity index (χ1) is 10.6. The van der Waals surface area contributed by atoms with E-state index in [0.717, 1.165) is 18.4 Å². The van der Waals surface area contributed by atoms with Gasteiger partial charge in [-0.1, -0.05) is 43.2 Å². The largest absolute Gasteiger partial charge is 0.264 e. The first kappa shape index (κ1) is 14.8. The molecule has 1 saturated carbocycles. The number of hydrogen-bond donors (Lipinski definition) is 1. The molecule has 1 aliphatic rings. The van der Waals surface area contributed by atoms with E-state index in [9.17, 15) is 8.42 Å². The topological polar surface area (TPSA) is 64.0 Å². The van der Waals surface area contributed by atoms with Crippen molar-refractivity contribution in [2.24, 2.45) is 0 Å². The monoisotopic (exact) mass is 317 g/mol. The third-order valence-corrected chi connectivity index (χ3v) is 4.81. The molecule has 2 aromatic rings. The van der Waals surface area contributed by atoms with Crippen LogP contribution in [0.15, 0.2) is 48.0 Å². The zero-order chi connectivity index (χ0) is 15.4. The lowest BCUT2D eigenvalue weighted by Crippen LogP contribution is -2.16. The molecule has 0 radical (unpaired) electrons. The van der Waals surface area contributed by atoms with Crippen molar-refractivity contribution < 1.29 is 8.42 Å². The van der Waals surface area contributed by atoms with Gasteiger partial charge in [0, 0.05) is 6.07 Å². The van der Waals surface area contributed by atoms with Crippen LogP contribution < -0.4 is 4.72 Å². The number of hydrogen-bond acceptors (Lipinski definition) is 3. The maximum Gasteiger partial charge on any atom is 0.256 e. The molecule has 1 aromatic heterocycles. The molecule has 1 aliphatic carbocycles. The van der Waals surface area contributed by atoms with E-state index in [1.807, 2.05) is 30.3 Å². The Morgan fingerprint density at radius 2 is 1.86 bits per heavy atom. The summed E-state index contributed by atoms with van der Waals surface area (Å²) >= 11 is 0. The second kappa shape index (κ2) is 6.36. The Morgan fingerprint density at radius 3 is 2.59 bits per heavy atom. The Labute approximate surface area is 130 Å². The van der Waals surface area contributed by atoms with Crippen molar-refractivity contribution in [1.29, 1.82) is 0 Å². The summed E-state index contributed by atoms with van der Waals surface area (Å²) in [5, 5.41) is 5.46. The number of nitrogens with zero attached hydrogens (tertiary/aromatic N) is 2. The van der Waals surface area contributed by atoms with Gasteiger partial charge in [0.05, 0.1) is 17.6 Å². The summed E-state index contributed by atoms with van der Waals surface area (Å²) in [5.74, 6) is 0.532. The average molecular weight is 317 g/mol. The maximum atomic E-state index is 12.2. The summed E-state index contributed by atoms with van der Waals surface area (Å²) in [6.45, 7) is 0. The van der Waals surface area contributed by atoms with Crippen LogP contribution in [0.1, 0.15) is 37.3 Å². The third kappa shape index (κ3) is 3.57. The molecule has 0 saturated heterocycles. The van der Waals surface area contributed by atoms with Crippen molar-refractivity contribution in [3.8, 4) is 0 Å². The van der Waals surface area contributed by atoms with Crippen molar-refractivity contribution in [3.63, 3.8) is 0 Å². The van der Waals surface area contributed by atoms with Crippen LogP contribution in [-0.4, -0.2) is 18.2 Å². The van der Waals surface area contributed by atoms with E-state index >= 15 is 0 Å². The molecule has 22 heavy (non-hydrogen) atoms. The van der Waals surface area contributed by atoms with Gasteiger partial charge in [-0.2, -0.15) is 5.10 Å². The first-order valence-corrected chi connectivity index (χ1v) is 8.98. The molecule has 116 valence electrons. The molecule has 0 unspecified atom stereocenters. The van der Waals surface area contributed by atoms with Crippen LogP contribution in [0.4, 0.5) is 5.82 Å². The maximum absolute atomic E-state index is 12.2. The van der Waals surface area contributed by atoms with E-state index in [4.69, 9.17) is 0 Å². The van der Waals surface area contributed by atoms with Crippen molar-refractivity contribution in [2.75, 3.05) is 4.72 Å². The SMILES string of the molecule is O=S(=O)(C=Cc1ccccc1)Nc1ccnn1C1CCCC1. The van der Waals surface area contributed by atoms with Gasteiger partial charge in [-0.25, -0.2) is 13.1 Å². The van der Waals surface area contributed by atoms with Crippen molar-refractivity contribution >= 4 is 21.9 Å². The molecular formula is C16H19N3O2S. The quantitative estimate of drug-likeness (QED) is 0.919. The molecule has 0 amide bonds. The van der Waals surface area contributed by atoms with Crippen molar-refractivity contribution in [2.45, 2.75) is 31.7 Å². The summed E-state index contributed by atoms with van der Waals surface area (Å²) in [6.07, 6.45) is 7.66. The van der Waals surface area contributed by atoms with E-state index in [-0.39, 0.29) is 0 Å². The van der Waals surface area contributed by atoms with Gasteiger partial charge in [0.25, 0.3) is 10.0 Å². The smallest absolute Gasteiger partial charge is 0.256 e. The molecular weight excluding hydrogens is 298 g/mol. The predicted octanol–water partition coefficient (Wildman–Crippen LogP) is 3.41. The average Bonchev–Trinajstić information content (AvgIpc) is 3.17. The lowest BCUT2D eigenvalue weighted by atomic mass is 10.2. The van der Waals surface area contributed by atoms with Crippen LogP contribution in [0.2, 0.25) is 0 Å². The fraction of sp³-hybridized carbons (Fsp3) is 0.312. The number of nitrogens with one attached hydrogen (secondary N) is 1. The lowest BCUT2D eigenvalue weighted by molar-refractivity contribution is 0.473. The second-order valence-corrected chi connectivity index (χ2v) is 7.03. The number of benzene rings is 1. The highest BCUT2D eigenvalue weighted by Gasteiger charge is 2.21. The Hall–Kier alpha value is -2.08. The minimum Gasteiger partial charge on any atom is -0.264 e. The Kier molecular flexibility index (Phi) is 4.29. The van der Waals surface area contributed by atoms with Gasteiger partial charge in [-0.3, -0.25) is 4.72 Å². The van der Waals surface area contributed by atoms with Crippen LogP contribution in [0, 0.1) is 0 Å². The van der Waals surface area contributed by atoms with E-state index in [2.05, 4.69) is 9.82 Å². The van der Waals surface area contributed by atoms with Gasteiger partial charge in [0.2, 0.25) is 0 Å². The molecule has 1 N–H and O–H groups in total. The number of aromatic nitrogens is 2. The highest BCUT2D eigenvalue weighted by Crippen LogP contribution is 2.31. The second-order valence-electron chi connectivity index (χ2n) is 5.46. The van der Waals surface area contributed by atoms with Crippen LogP contribution in [0.3, 0.4) is 0 Å².